The number of carbonyl (C=O) groups is 3. The third kappa shape index (κ3) is 3.74. The summed E-state index contributed by atoms with van der Waals surface area (Å²) in [7, 11) is 1.56. The van der Waals surface area contributed by atoms with Crippen LogP contribution in [0.1, 0.15) is 25.0 Å². The molecule has 1 aromatic rings. The average Bonchev–Trinajstić information content (AvgIpc) is 3.02. The maximum absolute atomic E-state index is 13.4. The van der Waals surface area contributed by atoms with Gasteiger partial charge in [0.1, 0.15) is 6.04 Å². The number of aliphatic hydroxyl groups is 1. The number of aryl methyl sites for hydroxylation is 2. The largest absolute Gasteiger partial charge is 0.394 e. The Bertz CT molecular complexity index is 881. The summed E-state index contributed by atoms with van der Waals surface area (Å²) < 4.78 is 0. The third-order valence-corrected chi connectivity index (χ3v) is 6.42. The van der Waals surface area contributed by atoms with E-state index in [1.807, 2.05) is 51.1 Å². The van der Waals surface area contributed by atoms with E-state index in [-0.39, 0.29) is 30.2 Å². The van der Waals surface area contributed by atoms with E-state index in [9.17, 15) is 19.5 Å². The molecular weight excluding hydrogens is 382 g/mol. The van der Waals surface area contributed by atoms with Gasteiger partial charge < -0.3 is 20.6 Å². The van der Waals surface area contributed by atoms with Crippen molar-refractivity contribution in [1.29, 1.82) is 0 Å². The second-order valence-electron chi connectivity index (χ2n) is 8.52. The molecule has 0 unspecified atom stereocenters. The van der Waals surface area contributed by atoms with E-state index in [2.05, 4.69) is 10.6 Å². The van der Waals surface area contributed by atoms with Crippen LogP contribution in [0.25, 0.3) is 0 Å². The van der Waals surface area contributed by atoms with Gasteiger partial charge in [0.2, 0.25) is 17.7 Å². The van der Waals surface area contributed by atoms with Gasteiger partial charge in [-0.25, -0.2) is 0 Å². The van der Waals surface area contributed by atoms with Gasteiger partial charge >= 0.3 is 0 Å². The first-order valence-electron chi connectivity index (χ1n) is 10.4. The molecule has 1 aromatic carbocycles. The first-order chi connectivity index (χ1) is 14.2. The van der Waals surface area contributed by atoms with E-state index < -0.39 is 29.8 Å². The molecule has 6 atom stereocenters. The molecule has 3 N–H and O–H groups in total. The lowest BCUT2D eigenvalue weighted by Gasteiger charge is -2.32. The summed E-state index contributed by atoms with van der Waals surface area (Å²) in [6.07, 6.45) is 3.81. The van der Waals surface area contributed by atoms with Gasteiger partial charge in [0.15, 0.2) is 0 Å². The number of hydrogen-bond donors (Lipinski definition) is 3. The van der Waals surface area contributed by atoms with Crippen LogP contribution in [-0.4, -0.2) is 53.5 Å². The third-order valence-electron chi connectivity index (χ3n) is 6.42. The van der Waals surface area contributed by atoms with Crippen LogP contribution in [0.2, 0.25) is 0 Å². The fraction of sp³-hybridized carbons (Fsp3) is 0.522. The lowest BCUT2D eigenvalue weighted by molar-refractivity contribution is -0.142. The van der Waals surface area contributed by atoms with Gasteiger partial charge in [-0.15, -0.1) is 0 Å². The number of amides is 3. The minimum Gasteiger partial charge on any atom is -0.394 e. The van der Waals surface area contributed by atoms with Crippen LogP contribution < -0.4 is 10.6 Å². The van der Waals surface area contributed by atoms with E-state index >= 15 is 0 Å². The summed E-state index contributed by atoms with van der Waals surface area (Å²) in [6.45, 7) is 7.22. The van der Waals surface area contributed by atoms with E-state index in [4.69, 9.17) is 0 Å². The Morgan fingerprint density at radius 3 is 2.53 bits per heavy atom. The number of nitrogens with one attached hydrogen (secondary N) is 2. The van der Waals surface area contributed by atoms with Crippen molar-refractivity contribution in [2.24, 2.45) is 23.7 Å². The number of rotatable bonds is 5. The molecule has 7 heteroatoms. The Hall–Kier alpha value is -2.67. The maximum atomic E-state index is 13.4. The number of allylic oxidation sites excluding steroid dienone is 1. The molecule has 0 aromatic heterocycles. The van der Waals surface area contributed by atoms with E-state index in [0.29, 0.717) is 5.69 Å². The molecule has 1 heterocycles. The topological polar surface area (TPSA) is 98.7 Å². The number of carbonyl (C=O) groups excluding carboxylic acids is 3. The molecule has 0 bridgehead atoms. The maximum Gasteiger partial charge on any atom is 0.247 e. The van der Waals surface area contributed by atoms with E-state index in [0.717, 1.165) is 11.1 Å². The summed E-state index contributed by atoms with van der Waals surface area (Å²) in [4.78, 5) is 40.9. The summed E-state index contributed by atoms with van der Waals surface area (Å²) in [5.74, 6) is -2.51. The Balaban J connectivity index is 2.01. The molecular formula is C23H31N3O4. The number of aliphatic hydroxyl groups excluding tert-OH is 1. The monoisotopic (exact) mass is 413 g/mol. The van der Waals surface area contributed by atoms with Crippen LogP contribution in [0.4, 0.5) is 5.69 Å². The van der Waals surface area contributed by atoms with Gasteiger partial charge in [-0.1, -0.05) is 31.2 Å². The first-order valence-corrected chi connectivity index (χ1v) is 10.4. The van der Waals surface area contributed by atoms with Gasteiger partial charge in [0, 0.05) is 18.7 Å². The fourth-order valence-electron chi connectivity index (χ4n) is 4.75. The number of likely N-dealkylation sites (tertiary alicyclic amines) is 1. The zero-order valence-corrected chi connectivity index (χ0v) is 18.2. The smallest absolute Gasteiger partial charge is 0.247 e. The van der Waals surface area contributed by atoms with Crippen molar-refractivity contribution in [1.82, 2.24) is 10.2 Å². The normalized spacial score (nSPS) is 28.8. The Labute approximate surface area is 177 Å². The van der Waals surface area contributed by atoms with Crippen LogP contribution >= 0.6 is 0 Å². The lowest BCUT2D eigenvalue weighted by Crippen LogP contribution is -2.49. The number of nitrogens with zero attached hydrogens (tertiary/aromatic N) is 1. The summed E-state index contributed by atoms with van der Waals surface area (Å²) in [5, 5.41) is 15.4. The fourth-order valence-corrected chi connectivity index (χ4v) is 4.75. The van der Waals surface area contributed by atoms with Crippen LogP contribution in [-0.2, 0) is 14.4 Å². The SMILES string of the molecule is CNC(=O)[C@H]1[C@@H]2C(=O)N([C@H](C)CO)[C@H](C(=O)Nc3cc(C)ccc3C)[C@H]2C=C[C@H]1C. The molecule has 3 amide bonds. The Morgan fingerprint density at radius 1 is 1.20 bits per heavy atom. The highest BCUT2D eigenvalue weighted by atomic mass is 16.3. The molecule has 0 spiro atoms. The van der Waals surface area contributed by atoms with Crippen molar-refractivity contribution in [3.8, 4) is 0 Å². The molecule has 1 fully saturated rings. The highest BCUT2D eigenvalue weighted by Gasteiger charge is 2.57. The molecule has 1 saturated heterocycles. The summed E-state index contributed by atoms with van der Waals surface area (Å²) in [5.41, 5.74) is 2.64. The van der Waals surface area contributed by atoms with Crippen LogP contribution in [0, 0.1) is 37.5 Å². The number of anilines is 1. The molecule has 3 rings (SSSR count). The highest BCUT2D eigenvalue weighted by Crippen LogP contribution is 2.44. The molecule has 0 saturated carbocycles. The zero-order chi connectivity index (χ0) is 22.2. The van der Waals surface area contributed by atoms with E-state index in [1.165, 1.54) is 4.90 Å². The van der Waals surface area contributed by atoms with Crippen molar-refractivity contribution in [2.75, 3.05) is 19.0 Å². The average molecular weight is 414 g/mol. The number of benzene rings is 1. The quantitative estimate of drug-likeness (QED) is 0.639. The van der Waals surface area contributed by atoms with Gasteiger partial charge in [-0.05, 0) is 43.9 Å². The zero-order valence-electron chi connectivity index (χ0n) is 18.2. The highest BCUT2D eigenvalue weighted by molar-refractivity contribution is 6.02. The second-order valence-corrected chi connectivity index (χ2v) is 8.52. The minimum absolute atomic E-state index is 0.123. The van der Waals surface area contributed by atoms with Gasteiger partial charge in [0.05, 0.1) is 24.5 Å². The molecule has 30 heavy (non-hydrogen) atoms. The van der Waals surface area contributed by atoms with Gasteiger partial charge in [-0.2, -0.15) is 0 Å². The van der Waals surface area contributed by atoms with Crippen LogP contribution in [0.5, 0.6) is 0 Å². The Kier molecular flexibility index (Phi) is 6.31. The minimum atomic E-state index is -0.791. The molecule has 0 radical (unpaired) electrons. The van der Waals surface area contributed by atoms with Crippen molar-refractivity contribution < 1.29 is 19.5 Å². The van der Waals surface area contributed by atoms with Crippen molar-refractivity contribution in [2.45, 2.75) is 39.8 Å². The lowest BCUT2D eigenvalue weighted by atomic mass is 9.70. The van der Waals surface area contributed by atoms with Crippen molar-refractivity contribution in [3.63, 3.8) is 0 Å². The van der Waals surface area contributed by atoms with Gasteiger partial charge in [0.25, 0.3) is 0 Å². The second kappa shape index (κ2) is 8.60. The number of fused-ring (bicyclic) bond motifs is 1. The first kappa shape index (κ1) is 22.0. The number of hydrogen-bond acceptors (Lipinski definition) is 4. The standard InChI is InChI=1S/C23H31N3O4/c1-12-6-7-13(2)17(10-12)25-22(29)20-16-9-8-14(3)18(21(28)24-5)19(16)23(30)26(20)15(4)11-27/h6-10,14-16,18-20,27H,11H2,1-5H3,(H,24,28)(H,25,29)/t14-,15-,16+,18-,19-,20+/m1/s1. The molecule has 2 aliphatic rings. The summed E-state index contributed by atoms with van der Waals surface area (Å²) in [6, 6.07) is 4.48. The van der Waals surface area contributed by atoms with Crippen LogP contribution in [0.3, 0.4) is 0 Å². The molecule has 7 nitrogen and oxygen atoms in total. The molecule has 162 valence electrons. The molecule has 1 aliphatic carbocycles. The summed E-state index contributed by atoms with van der Waals surface area (Å²) >= 11 is 0. The van der Waals surface area contributed by atoms with Gasteiger partial charge in [-0.3, -0.25) is 14.4 Å². The predicted octanol–water partition coefficient (Wildman–Crippen LogP) is 1.63. The van der Waals surface area contributed by atoms with Crippen LogP contribution in [0.15, 0.2) is 30.4 Å². The van der Waals surface area contributed by atoms with Crippen molar-refractivity contribution >= 4 is 23.4 Å². The molecule has 1 aliphatic heterocycles. The van der Waals surface area contributed by atoms with Crippen molar-refractivity contribution in [3.05, 3.63) is 41.5 Å². The Morgan fingerprint density at radius 2 is 1.90 bits per heavy atom. The predicted molar refractivity (Wildman–Crippen MR) is 115 cm³/mol. The van der Waals surface area contributed by atoms with E-state index in [1.54, 1.807) is 14.0 Å².